The summed E-state index contributed by atoms with van der Waals surface area (Å²) >= 11 is 5.89. The Morgan fingerprint density at radius 3 is 2.58 bits per heavy atom. The van der Waals surface area contributed by atoms with Gasteiger partial charge >= 0.3 is 0 Å². The van der Waals surface area contributed by atoms with Gasteiger partial charge in [-0.2, -0.15) is 5.10 Å². The number of nitrogens with one attached hydrogen (secondary N) is 2. The Balaban J connectivity index is 1.63. The number of para-hydroxylation sites is 1. The molecule has 1 amide bonds. The largest absolute Gasteiger partial charge is 0.325 e. The van der Waals surface area contributed by atoms with E-state index in [4.69, 9.17) is 16.7 Å². The highest BCUT2D eigenvalue weighted by Crippen LogP contribution is 2.41. The van der Waals surface area contributed by atoms with E-state index < -0.39 is 11.9 Å². The summed E-state index contributed by atoms with van der Waals surface area (Å²) in [5.41, 5.74) is 2.20. The molecule has 2 aromatic carbocycles. The van der Waals surface area contributed by atoms with Crippen molar-refractivity contribution < 1.29 is 9.18 Å². The number of halogens is 2. The summed E-state index contributed by atoms with van der Waals surface area (Å²) in [6, 6.07) is 15.4. The second-order valence-electron chi connectivity index (χ2n) is 8.92. The summed E-state index contributed by atoms with van der Waals surface area (Å²) < 4.78 is 16.1. The highest BCUT2D eigenvalue weighted by Gasteiger charge is 2.40. The zero-order chi connectivity index (χ0) is 22.2. The number of benzene rings is 2. The first-order valence-electron chi connectivity index (χ1n) is 10.4. The number of carbonyl (C=O) groups excluding carboxylic acids is 1. The molecule has 3 aromatic rings. The number of amides is 1. The van der Waals surface area contributed by atoms with E-state index in [0.29, 0.717) is 6.42 Å². The molecule has 31 heavy (non-hydrogen) atoms. The Kier molecular flexibility index (Phi) is 5.86. The summed E-state index contributed by atoms with van der Waals surface area (Å²) in [7, 11) is 0. The molecule has 1 aliphatic heterocycles. The predicted octanol–water partition coefficient (Wildman–Crippen LogP) is 5.26. The molecule has 7 heteroatoms. The molecule has 0 spiro atoms. The molecule has 5 nitrogen and oxygen atoms in total. The van der Waals surface area contributed by atoms with Crippen LogP contribution in [0.5, 0.6) is 0 Å². The van der Waals surface area contributed by atoms with Gasteiger partial charge in [0.15, 0.2) is 0 Å². The van der Waals surface area contributed by atoms with Crippen LogP contribution in [-0.4, -0.2) is 21.7 Å². The van der Waals surface area contributed by atoms with Crippen molar-refractivity contribution >= 4 is 23.2 Å². The van der Waals surface area contributed by atoms with E-state index in [0.717, 1.165) is 16.9 Å². The SMILES string of the molecule is CC(C)(C)n1ccc([C@H]2C[C@@H](C(=O)Nc3ccccc3)N[C@H]2c2ccc(Cl)c(F)c2)n1. The zero-order valence-electron chi connectivity index (χ0n) is 17.8. The van der Waals surface area contributed by atoms with Crippen LogP contribution < -0.4 is 10.6 Å². The van der Waals surface area contributed by atoms with E-state index in [1.54, 1.807) is 12.1 Å². The highest BCUT2D eigenvalue weighted by atomic mass is 35.5. The summed E-state index contributed by atoms with van der Waals surface area (Å²) in [6.07, 6.45) is 2.50. The van der Waals surface area contributed by atoms with Gasteiger partial charge in [-0.25, -0.2) is 4.39 Å². The molecule has 3 atom stereocenters. The third kappa shape index (κ3) is 4.65. The monoisotopic (exact) mass is 440 g/mol. The Morgan fingerprint density at radius 2 is 1.94 bits per heavy atom. The molecule has 1 aliphatic rings. The second kappa shape index (κ2) is 8.44. The van der Waals surface area contributed by atoms with Crippen LogP contribution in [0, 0.1) is 5.82 Å². The third-order valence-corrected chi connectivity index (χ3v) is 5.92. The van der Waals surface area contributed by atoms with Crippen LogP contribution >= 0.6 is 11.6 Å². The molecule has 2 heterocycles. The van der Waals surface area contributed by atoms with Gasteiger partial charge in [-0.05, 0) is 63.1 Å². The first kappa shape index (κ1) is 21.5. The standard InChI is InChI=1S/C24H26ClFN4O/c1-24(2,3)30-12-11-20(29-30)17-14-21(23(31)27-16-7-5-4-6-8-16)28-22(17)15-9-10-18(25)19(26)13-15/h4-13,17,21-22,28H,14H2,1-3H3,(H,27,31)/t17-,21+,22+/m1/s1. The number of nitrogens with zero attached hydrogens (tertiary/aromatic N) is 2. The van der Waals surface area contributed by atoms with Gasteiger partial charge in [0.2, 0.25) is 5.91 Å². The number of hydrogen-bond donors (Lipinski definition) is 2. The van der Waals surface area contributed by atoms with Crippen LogP contribution in [0.3, 0.4) is 0 Å². The molecule has 1 fully saturated rings. The molecule has 1 aromatic heterocycles. The smallest absolute Gasteiger partial charge is 0.241 e. The molecular formula is C24H26ClFN4O. The quantitative estimate of drug-likeness (QED) is 0.582. The van der Waals surface area contributed by atoms with Crippen molar-refractivity contribution in [3.05, 3.63) is 82.9 Å². The van der Waals surface area contributed by atoms with Gasteiger partial charge in [-0.15, -0.1) is 0 Å². The van der Waals surface area contributed by atoms with Crippen LogP contribution in [0.15, 0.2) is 60.8 Å². The lowest BCUT2D eigenvalue weighted by molar-refractivity contribution is -0.117. The van der Waals surface area contributed by atoms with Crippen molar-refractivity contribution in [1.29, 1.82) is 0 Å². The summed E-state index contributed by atoms with van der Waals surface area (Å²) in [6.45, 7) is 6.25. The molecule has 0 unspecified atom stereocenters. The van der Waals surface area contributed by atoms with Crippen molar-refractivity contribution in [1.82, 2.24) is 15.1 Å². The Labute approximate surface area is 186 Å². The Morgan fingerprint density at radius 1 is 1.19 bits per heavy atom. The van der Waals surface area contributed by atoms with Gasteiger partial charge in [0.05, 0.1) is 22.3 Å². The predicted molar refractivity (Wildman–Crippen MR) is 121 cm³/mol. The highest BCUT2D eigenvalue weighted by molar-refractivity contribution is 6.30. The molecular weight excluding hydrogens is 415 g/mol. The van der Waals surface area contributed by atoms with Gasteiger partial charge in [0.1, 0.15) is 5.82 Å². The molecule has 0 saturated carbocycles. The van der Waals surface area contributed by atoms with Gasteiger partial charge in [-0.3, -0.25) is 14.8 Å². The third-order valence-electron chi connectivity index (χ3n) is 5.61. The lowest BCUT2D eigenvalue weighted by Gasteiger charge is -2.21. The Bertz CT molecular complexity index is 1080. The minimum absolute atomic E-state index is 0.0775. The summed E-state index contributed by atoms with van der Waals surface area (Å²) in [5, 5.41) is 11.2. The summed E-state index contributed by atoms with van der Waals surface area (Å²) in [4.78, 5) is 13.0. The second-order valence-corrected chi connectivity index (χ2v) is 9.33. The fraction of sp³-hybridized carbons (Fsp3) is 0.333. The number of carbonyl (C=O) groups is 1. The average Bonchev–Trinajstić information content (AvgIpc) is 3.38. The molecule has 2 N–H and O–H groups in total. The average molecular weight is 441 g/mol. The lowest BCUT2D eigenvalue weighted by Crippen LogP contribution is -2.36. The minimum atomic E-state index is -0.475. The van der Waals surface area contributed by atoms with Gasteiger partial charge in [-0.1, -0.05) is 35.9 Å². The van der Waals surface area contributed by atoms with Gasteiger partial charge in [0, 0.05) is 23.8 Å². The van der Waals surface area contributed by atoms with Crippen molar-refractivity contribution in [2.45, 2.75) is 50.7 Å². The Hall–Kier alpha value is -2.70. The van der Waals surface area contributed by atoms with E-state index in [-0.39, 0.29) is 28.4 Å². The van der Waals surface area contributed by atoms with E-state index >= 15 is 0 Å². The van der Waals surface area contributed by atoms with Gasteiger partial charge in [0.25, 0.3) is 0 Å². The van der Waals surface area contributed by atoms with Crippen molar-refractivity contribution in [2.75, 3.05) is 5.32 Å². The fourth-order valence-corrected chi connectivity index (χ4v) is 4.08. The molecule has 162 valence electrons. The van der Waals surface area contributed by atoms with Crippen molar-refractivity contribution in [3.63, 3.8) is 0 Å². The van der Waals surface area contributed by atoms with E-state index in [2.05, 4.69) is 31.4 Å². The molecule has 0 radical (unpaired) electrons. The first-order valence-corrected chi connectivity index (χ1v) is 10.7. The van der Waals surface area contributed by atoms with E-state index in [1.807, 2.05) is 47.3 Å². The number of hydrogen-bond acceptors (Lipinski definition) is 3. The number of aromatic nitrogens is 2. The maximum Gasteiger partial charge on any atom is 0.241 e. The maximum absolute atomic E-state index is 14.2. The number of anilines is 1. The molecule has 1 saturated heterocycles. The minimum Gasteiger partial charge on any atom is -0.325 e. The molecule has 0 bridgehead atoms. The zero-order valence-corrected chi connectivity index (χ0v) is 18.5. The van der Waals surface area contributed by atoms with Crippen LogP contribution in [0.25, 0.3) is 0 Å². The van der Waals surface area contributed by atoms with Crippen molar-refractivity contribution in [2.24, 2.45) is 0 Å². The topological polar surface area (TPSA) is 59.0 Å². The van der Waals surface area contributed by atoms with Crippen LogP contribution in [0.1, 0.15) is 50.4 Å². The first-order chi connectivity index (χ1) is 14.7. The normalized spacial score (nSPS) is 21.3. The van der Waals surface area contributed by atoms with Crippen LogP contribution in [0.4, 0.5) is 10.1 Å². The summed E-state index contributed by atoms with van der Waals surface area (Å²) in [5.74, 6) is -0.684. The number of rotatable bonds is 4. The van der Waals surface area contributed by atoms with Crippen LogP contribution in [0.2, 0.25) is 5.02 Å². The van der Waals surface area contributed by atoms with Crippen LogP contribution in [-0.2, 0) is 10.3 Å². The molecule has 4 rings (SSSR count). The molecule has 0 aliphatic carbocycles. The fourth-order valence-electron chi connectivity index (χ4n) is 3.96. The lowest BCUT2D eigenvalue weighted by atomic mass is 9.90. The van der Waals surface area contributed by atoms with E-state index in [9.17, 15) is 9.18 Å². The van der Waals surface area contributed by atoms with Gasteiger partial charge < -0.3 is 5.32 Å². The van der Waals surface area contributed by atoms with Crippen molar-refractivity contribution in [3.8, 4) is 0 Å². The maximum atomic E-state index is 14.2. The van der Waals surface area contributed by atoms with E-state index in [1.165, 1.54) is 6.07 Å².